The van der Waals surface area contributed by atoms with Crippen molar-refractivity contribution in [2.24, 2.45) is 10.1 Å². The van der Waals surface area contributed by atoms with Gasteiger partial charge in [0.15, 0.2) is 0 Å². The van der Waals surface area contributed by atoms with Crippen molar-refractivity contribution in [3.8, 4) is 0 Å². The predicted octanol–water partition coefficient (Wildman–Crippen LogP) is 0.847. The number of allylic oxidation sites excluding steroid dienone is 1. The highest BCUT2D eigenvalue weighted by Gasteiger charge is 1.93. The molecule has 1 aliphatic heterocycles. The molecule has 0 atom stereocenters. The number of hydrogen-bond acceptors (Lipinski definition) is 3. The van der Waals surface area contributed by atoms with Crippen LogP contribution in [-0.2, 0) is 0 Å². The summed E-state index contributed by atoms with van der Waals surface area (Å²) < 4.78 is 0. The van der Waals surface area contributed by atoms with Crippen molar-refractivity contribution in [3.63, 3.8) is 0 Å². The minimum absolute atomic E-state index is 0.615. The number of nitrogens with zero attached hydrogens (tertiary/aromatic N) is 2. The summed E-state index contributed by atoms with van der Waals surface area (Å²) in [6, 6.07) is 0. The Balaban J connectivity index is 2.66. The molecule has 0 amide bonds. The predicted molar refractivity (Wildman–Crippen MR) is 36.3 cm³/mol. The highest BCUT2D eigenvalue weighted by atomic mass is 16.4. The molecule has 0 bridgehead atoms. The second kappa shape index (κ2) is 3.02. The third-order valence-corrected chi connectivity index (χ3v) is 1.07. The van der Waals surface area contributed by atoms with Crippen molar-refractivity contribution in [1.82, 2.24) is 0 Å². The van der Waals surface area contributed by atoms with E-state index in [0.29, 0.717) is 18.7 Å². The molecule has 0 aromatic heterocycles. The summed E-state index contributed by atoms with van der Waals surface area (Å²) in [6.45, 7) is 0.693. The third-order valence-electron chi connectivity index (χ3n) is 1.07. The van der Waals surface area contributed by atoms with Gasteiger partial charge in [-0.25, -0.2) is 0 Å². The van der Waals surface area contributed by atoms with Crippen molar-refractivity contribution < 1.29 is 5.21 Å². The van der Waals surface area contributed by atoms with E-state index >= 15 is 0 Å². The normalized spacial score (nSPS) is 22.4. The van der Waals surface area contributed by atoms with Gasteiger partial charge in [-0.2, -0.15) is 0 Å². The van der Waals surface area contributed by atoms with Gasteiger partial charge in [-0.3, -0.25) is 4.99 Å². The van der Waals surface area contributed by atoms with Gasteiger partial charge in [-0.1, -0.05) is 17.3 Å². The third kappa shape index (κ3) is 1.68. The van der Waals surface area contributed by atoms with E-state index < -0.39 is 0 Å². The largest absolute Gasteiger partial charge is 0.411 e. The molecular weight excluding hydrogens is 116 g/mol. The Morgan fingerprint density at radius 3 is 3.22 bits per heavy atom. The molecule has 3 heteroatoms. The summed E-state index contributed by atoms with van der Waals surface area (Å²) in [7, 11) is 0. The van der Waals surface area contributed by atoms with Gasteiger partial charge in [-0.05, 0) is 0 Å². The second-order valence-electron chi connectivity index (χ2n) is 1.76. The maximum absolute atomic E-state index is 8.28. The summed E-state index contributed by atoms with van der Waals surface area (Å²) in [5.74, 6) is 0. The van der Waals surface area contributed by atoms with Crippen molar-refractivity contribution in [2.75, 3.05) is 6.54 Å². The number of hydrogen-bond donors (Lipinski definition) is 1. The van der Waals surface area contributed by atoms with E-state index in [9.17, 15) is 0 Å². The molecule has 0 unspecified atom stereocenters. The summed E-state index contributed by atoms with van der Waals surface area (Å²) in [6.07, 6.45) is 6.14. The Morgan fingerprint density at radius 1 is 1.56 bits per heavy atom. The van der Waals surface area contributed by atoms with Crippen molar-refractivity contribution in [1.29, 1.82) is 0 Å². The molecule has 0 spiro atoms. The number of rotatable bonds is 0. The molecule has 1 rings (SSSR count). The first-order valence-corrected chi connectivity index (χ1v) is 2.79. The fourth-order valence-electron chi connectivity index (χ4n) is 0.617. The van der Waals surface area contributed by atoms with E-state index in [1.807, 2.05) is 12.2 Å². The molecular formula is C6H8N2O. The Morgan fingerprint density at radius 2 is 2.44 bits per heavy atom. The second-order valence-corrected chi connectivity index (χ2v) is 1.76. The van der Waals surface area contributed by atoms with Gasteiger partial charge in [0.2, 0.25) is 0 Å². The van der Waals surface area contributed by atoms with Crippen LogP contribution in [0.4, 0.5) is 0 Å². The van der Waals surface area contributed by atoms with E-state index in [2.05, 4.69) is 10.1 Å². The molecule has 0 aromatic carbocycles. The van der Waals surface area contributed by atoms with Crippen LogP contribution in [-0.4, -0.2) is 23.7 Å². The molecule has 48 valence electrons. The maximum atomic E-state index is 8.28. The Kier molecular flexibility index (Phi) is 2.01. The SMILES string of the molecule is O/N=C1\C=NCC=CC1. The van der Waals surface area contributed by atoms with Crippen LogP contribution in [0.15, 0.2) is 22.3 Å². The van der Waals surface area contributed by atoms with Crippen LogP contribution < -0.4 is 0 Å². The van der Waals surface area contributed by atoms with Gasteiger partial charge in [0, 0.05) is 12.6 Å². The topological polar surface area (TPSA) is 45.0 Å². The fourth-order valence-corrected chi connectivity index (χ4v) is 0.617. The monoisotopic (exact) mass is 124 g/mol. The highest BCUT2D eigenvalue weighted by molar-refractivity contribution is 6.30. The molecule has 0 saturated heterocycles. The molecule has 1 aliphatic rings. The lowest BCUT2D eigenvalue weighted by atomic mass is 10.3. The van der Waals surface area contributed by atoms with Gasteiger partial charge >= 0.3 is 0 Å². The number of aliphatic imine (C=N–C) groups is 1. The van der Waals surface area contributed by atoms with Gasteiger partial charge < -0.3 is 5.21 Å². The fraction of sp³-hybridized carbons (Fsp3) is 0.333. The molecule has 0 fully saturated rings. The van der Waals surface area contributed by atoms with E-state index in [1.165, 1.54) is 0 Å². The van der Waals surface area contributed by atoms with Gasteiger partial charge in [0.25, 0.3) is 0 Å². The average Bonchev–Trinajstić information content (AvgIpc) is 2.13. The number of oxime groups is 1. The van der Waals surface area contributed by atoms with Crippen LogP contribution >= 0.6 is 0 Å². The van der Waals surface area contributed by atoms with Crippen LogP contribution in [0.1, 0.15) is 6.42 Å². The minimum Gasteiger partial charge on any atom is -0.411 e. The van der Waals surface area contributed by atoms with Crippen LogP contribution in [0.5, 0.6) is 0 Å². The maximum Gasteiger partial charge on any atom is 0.101 e. The van der Waals surface area contributed by atoms with E-state index in [4.69, 9.17) is 5.21 Å². The van der Waals surface area contributed by atoms with E-state index in [-0.39, 0.29) is 0 Å². The average molecular weight is 124 g/mol. The van der Waals surface area contributed by atoms with Gasteiger partial charge in [0.1, 0.15) is 5.71 Å². The highest BCUT2D eigenvalue weighted by Crippen LogP contribution is 1.91. The van der Waals surface area contributed by atoms with Crippen LogP contribution in [0.3, 0.4) is 0 Å². The molecule has 0 saturated carbocycles. The summed E-state index contributed by atoms with van der Waals surface area (Å²) in [4.78, 5) is 3.92. The summed E-state index contributed by atoms with van der Waals surface area (Å²) in [5, 5.41) is 11.3. The minimum atomic E-state index is 0.615. The van der Waals surface area contributed by atoms with Gasteiger partial charge in [-0.15, -0.1) is 0 Å². The van der Waals surface area contributed by atoms with Gasteiger partial charge in [0.05, 0.1) is 6.54 Å². The molecule has 0 aliphatic carbocycles. The van der Waals surface area contributed by atoms with Crippen LogP contribution in [0.25, 0.3) is 0 Å². The zero-order valence-electron chi connectivity index (χ0n) is 4.99. The lowest BCUT2D eigenvalue weighted by Gasteiger charge is -1.85. The first kappa shape index (κ1) is 6.01. The zero-order valence-corrected chi connectivity index (χ0v) is 4.99. The quantitative estimate of drug-likeness (QED) is 0.290. The van der Waals surface area contributed by atoms with E-state index in [1.54, 1.807) is 6.21 Å². The summed E-state index contributed by atoms with van der Waals surface area (Å²) >= 11 is 0. The molecule has 9 heavy (non-hydrogen) atoms. The van der Waals surface area contributed by atoms with Crippen molar-refractivity contribution in [2.45, 2.75) is 6.42 Å². The lowest BCUT2D eigenvalue weighted by molar-refractivity contribution is 0.319. The Labute approximate surface area is 53.4 Å². The lowest BCUT2D eigenvalue weighted by Crippen LogP contribution is -1.95. The zero-order chi connectivity index (χ0) is 6.53. The first-order chi connectivity index (χ1) is 4.43. The van der Waals surface area contributed by atoms with Crippen molar-refractivity contribution >= 4 is 11.9 Å². The molecule has 1 N–H and O–H groups in total. The summed E-state index contributed by atoms with van der Waals surface area (Å²) in [5.41, 5.74) is 0.615. The molecule has 0 aromatic rings. The van der Waals surface area contributed by atoms with Crippen LogP contribution in [0.2, 0.25) is 0 Å². The molecule has 0 radical (unpaired) electrons. The first-order valence-electron chi connectivity index (χ1n) is 2.79. The smallest absolute Gasteiger partial charge is 0.101 e. The standard InChI is InChI=1S/C6H8N2O/c9-8-6-3-1-2-4-7-5-6/h1-2,5,9H,3-4H2/b8-6-. The molecule has 3 nitrogen and oxygen atoms in total. The Bertz CT molecular complexity index is 170. The van der Waals surface area contributed by atoms with Crippen molar-refractivity contribution in [3.05, 3.63) is 12.2 Å². The molecule has 1 heterocycles. The van der Waals surface area contributed by atoms with E-state index in [0.717, 1.165) is 0 Å². The van der Waals surface area contributed by atoms with Crippen LogP contribution in [0, 0.1) is 0 Å². The Hall–Kier alpha value is -1.12.